The van der Waals surface area contributed by atoms with E-state index in [1.165, 1.54) is 31.4 Å². The average Bonchev–Trinajstić information content (AvgIpc) is 3.20. The van der Waals surface area contributed by atoms with Gasteiger partial charge in [0.05, 0.1) is 12.0 Å². The molecule has 2 heterocycles. The van der Waals surface area contributed by atoms with Crippen LogP contribution in [-0.2, 0) is 11.0 Å². The molecule has 0 unspecified atom stereocenters. The lowest BCUT2D eigenvalue weighted by Crippen LogP contribution is -2.15. The van der Waals surface area contributed by atoms with E-state index >= 15 is 0 Å². The van der Waals surface area contributed by atoms with Gasteiger partial charge in [0, 0.05) is 11.3 Å². The third-order valence-electron chi connectivity index (χ3n) is 3.65. The fraction of sp³-hybridized carbons (Fsp3) is 0.158. The molecule has 0 aliphatic rings. The molecule has 29 heavy (non-hydrogen) atoms. The molecular formula is C19H14F3N3O3S. The number of nitrogens with zero attached hydrogens (tertiary/aromatic N) is 2. The number of rotatable bonds is 6. The number of benzene rings is 1. The van der Waals surface area contributed by atoms with Gasteiger partial charge in [-0.3, -0.25) is 9.59 Å². The number of carbonyl (C=O) groups excluding carboxylic acids is 2. The maximum atomic E-state index is 13.1. The number of ketones is 1. The summed E-state index contributed by atoms with van der Waals surface area (Å²) in [6.07, 6.45) is -3.35. The first-order valence-electron chi connectivity index (χ1n) is 8.26. The molecule has 3 aromatic rings. The van der Waals surface area contributed by atoms with Gasteiger partial charge in [-0.05, 0) is 37.3 Å². The molecule has 3 rings (SSSR count). The summed E-state index contributed by atoms with van der Waals surface area (Å²) in [7, 11) is 0. The Morgan fingerprint density at radius 3 is 2.59 bits per heavy atom. The number of halogens is 3. The summed E-state index contributed by atoms with van der Waals surface area (Å²) in [6, 6.07) is 10.1. The van der Waals surface area contributed by atoms with E-state index in [-0.39, 0.29) is 28.1 Å². The van der Waals surface area contributed by atoms with Crippen LogP contribution in [0.5, 0.6) is 0 Å². The summed E-state index contributed by atoms with van der Waals surface area (Å²) in [6.45, 7) is 1.40. The summed E-state index contributed by atoms with van der Waals surface area (Å²) in [5.41, 5.74) is -0.324. The van der Waals surface area contributed by atoms with Crippen LogP contribution in [0.3, 0.4) is 0 Å². The summed E-state index contributed by atoms with van der Waals surface area (Å²) in [5, 5.41) is 2.38. The molecule has 0 aliphatic carbocycles. The summed E-state index contributed by atoms with van der Waals surface area (Å²) < 4.78 is 44.5. The third-order valence-corrected chi connectivity index (χ3v) is 4.50. The smallest absolute Gasteiger partial charge is 0.433 e. The molecule has 0 saturated heterocycles. The molecule has 0 radical (unpaired) electrons. The zero-order valence-corrected chi connectivity index (χ0v) is 15.8. The molecule has 0 fully saturated rings. The molecule has 2 aromatic heterocycles. The first kappa shape index (κ1) is 20.6. The number of anilines is 1. The quantitative estimate of drug-likeness (QED) is 0.353. The van der Waals surface area contributed by atoms with Crippen molar-refractivity contribution in [2.45, 2.75) is 18.3 Å². The topological polar surface area (TPSA) is 85.1 Å². The Bertz CT molecular complexity index is 1040. The number of nitrogens with one attached hydrogen (secondary N) is 1. The highest BCUT2D eigenvalue weighted by Gasteiger charge is 2.34. The van der Waals surface area contributed by atoms with E-state index in [0.29, 0.717) is 11.3 Å². The minimum atomic E-state index is -4.67. The summed E-state index contributed by atoms with van der Waals surface area (Å²) in [5.74, 6) is -0.691. The van der Waals surface area contributed by atoms with Gasteiger partial charge < -0.3 is 9.73 Å². The second kappa shape index (κ2) is 8.48. The van der Waals surface area contributed by atoms with Crippen LogP contribution in [0.15, 0.2) is 58.3 Å². The molecule has 0 spiro atoms. The SMILES string of the molecule is CC(=O)c1cccc(NC(=O)CSc2nc(-c3ccco3)cc(C(F)(F)F)n2)c1. The Labute approximate surface area is 167 Å². The molecule has 1 aromatic carbocycles. The maximum Gasteiger partial charge on any atom is 0.433 e. The summed E-state index contributed by atoms with van der Waals surface area (Å²) >= 11 is 0.757. The fourth-order valence-corrected chi connectivity index (χ4v) is 2.99. The van der Waals surface area contributed by atoms with Gasteiger partial charge in [0.15, 0.2) is 16.7 Å². The monoisotopic (exact) mass is 421 g/mol. The van der Waals surface area contributed by atoms with Crippen molar-refractivity contribution >= 4 is 29.1 Å². The molecule has 6 nitrogen and oxygen atoms in total. The van der Waals surface area contributed by atoms with E-state index in [1.807, 2.05) is 0 Å². The lowest BCUT2D eigenvalue weighted by atomic mass is 10.1. The largest absolute Gasteiger partial charge is 0.463 e. The van der Waals surface area contributed by atoms with Gasteiger partial charge in [-0.1, -0.05) is 23.9 Å². The number of aromatic nitrogens is 2. The van der Waals surface area contributed by atoms with Gasteiger partial charge in [0.2, 0.25) is 5.91 Å². The highest BCUT2D eigenvalue weighted by atomic mass is 32.2. The molecule has 0 saturated carbocycles. The maximum absolute atomic E-state index is 13.1. The van der Waals surface area contributed by atoms with Crippen molar-refractivity contribution < 1.29 is 27.2 Å². The van der Waals surface area contributed by atoms with Crippen molar-refractivity contribution in [3.63, 3.8) is 0 Å². The lowest BCUT2D eigenvalue weighted by molar-refractivity contribution is -0.141. The van der Waals surface area contributed by atoms with Crippen LogP contribution in [0.2, 0.25) is 0 Å². The zero-order valence-electron chi connectivity index (χ0n) is 15.0. The highest BCUT2D eigenvalue weighted by Crippen LogP contribution is 2.32. The molecule has 10 heteroatoms. The Morgan fingerprint density at radius 1 is 1.14 bits per heavy atom. The van der Waals surface area contributed by atoms with Crippen LogP contribution >= 0.6 is 11.8 Å². The Hall–Kier alpha value is -3.14. The standard InChI is InChI=1S/C19H14F3N3O3S/c1-11(26)12-4-2-5-13(8-12)23-17(27)10-29-18-24-14(15-6-3-7-28-15)9-16(25-18)19(20,21)22/h2-9H,10H2,1H3,(H,23,27). The zero-order chi connectivity index (χ0) is 21.0. The van der Waals surface area contributed by atoms with Gasteiger partial charge >= 0.3 is 6.18 Å². The lowest BCUT2D eigenvalue weighted by Gasteiger charge is -2.10. The molecule has 0 aliphatic heterocycles. The second-order valence-electron chi connectivity index (χ2n) is 5.87. The number of thioether (sulfide) groups is 1. The normalized spacial score (nSPS) is 11.3. The molecular weight excluding hydrogens is 407 g/mol. The van der Waals surface area contributed by atoms with E-state index in [0.717, 1.165) is 17.8 Å². The third kappa shape index (κ3) is 5.44. The van der Waals surface area contributed by atoms with Crippen molar-refractivity contribution in [1.29, 1.82) is 0 Å². The van der Waals surface area contributed by atoms with Crippen LogP contribution in [0.4, 0.5) is 18.9 Å². The van der Waals surface area contributed by atoms with E-state index in [9.17, 15) is 22.8 Å². The van der Waals surface area contributed by atoms with Crippen LogP contribution in [0, 0.1) is 0 Å². The van der Waals surface area contributed by atoms with E-state index in [1.54, 1.807) is 18.2 Å². The van der Waals surface area contributed by atoms with Crippen LogP contribution in [-0.4, -0.2) is 27.4 Å². The van der Waals surface area contributed by atoms with Gasteiger partial charge in [-0.15, -0.1) is 0 Å². The second-order valence-corrected chi connectivity index (χ2v) is 6.81. The summed E-state index contributed by atoms with van der Waals surface area (Å²) in [4.78, 5) is 31.1. The number of hydrogen-bond acceptors (Lipinski definition) is 6. The number of amides is 1. The van der Waals surface area contributed by atoms with Crippen LogP contribution in [0.1, 0.15) is 23.0 Å². The Morgan fingerprint density at radius 2 is 1.93 bits per heavy atom. The molecule has 1 amide bonds. The number of furan rings is 1. The predicted molar refractivity (Wildman–Crippen MR) is 101 cm³/mol. The minimum Gasteiger partial charge on any atom is -0.463 e. The Balaban J connectivity index is 1.74. The van der Waals surface area contributed by atoms with Gasteiger partial charge in [-0.2, -0.15) is 13.2 Å². The van der Waals surface area contributed by atoms with Crippen molar-refractivity contribution in [3.05, 3.63) is 60.0 Å². The Kier molecular flexibility index (Phi) is 6.02. The van der Waals surface area contributed by atoms with Crippen molar-refractivity contribution in [1.82, 2.24) is 9.97 Å². The van der Waals surface area contributed by atoms with E-state index in [4.69, 9.17) is 4.42 Å². The number of hydrogen-bond donors (Lipinski definition) is 1. The first-order valence-corrected chi connectivity index (χ1v) is 9.25. The van der Waals surface area contributed by atoms with E-state index in [2.05, 4.69) is 15.3 Å². The van der Waals surface area contributed by atoms with Crippen LogP contribution < -0.4 is 5.32 Å². The number of alkyl halides is 3. The van der Waals surface area contributed by atoms with Crippen molar-refractivity contribution in [3.8, 4) is 11.5 Å². The average molecular weight is 421 g/mol. The number of Topliss-reactive ketones (excluding diaryl/α,β-unsaturated/α-hetero) is 1. The molecule has 0 atom stereocenters. The first-order chi connectivity index (χ1) is 13.7. The highest BCUT2D eigenvalue weighted by molar-refractivity contribution is 7.99. The van der Waals surface area contributed by atoms with Gasteiger partial charge in [0.25, 0.3) is 0 Å². The van der Waals surface area contributed by atoms with Crippen molar-refractivity contribution in [2.75, 3.05) is 11.1 Å². The minimum absolute atomic E-state index is 0.0330. The van der Waals surface area contributed by atoms with Gasteiger partial charge in [0.1, 0.15) is 11.4 Å². The fourth-order valence-electron chi connectivity index (χ4n) is 2.33. The predicted octanol–water partition coefficient (Wildman–Crippen LogP) is 4.69. The molecule has 1 N–H and O–H groups in total. The van der Waals surface area contributed by atoms with Gasteiger partial charge in [-0.25, -0.2) is 9.97 Å². The van der Waals surface area contributed by atoms with Crippen LogP contribution in [0.25, 0.3) is 11.5 Å². The number of carbonyl (C=O) groups is 2. The molecule has 150 valence electrons. The van der Waals surface area contributed by atoms with E-state index < -0.39 is 17.8 Å². The molecule has 0 bridgehead atoms. The van der Waals surface area contributed by atoms with Crippen molar-refractivity contribution in [2.24, 2.45) is 0 Å².